The standard InChI is InChI=1S/C18H25F3N2O4/c1-3-23(4-2)15-16(24)14(13-10-25-17(15)26-13)22-9-11-5-7-12(8-6-11)27-18(19,20)21/h5-8,13-17,22,24H,3-4,9-10H2,1-2H3/t13-,14-,15-,16+,17-/m1/s1. The molecule has 0 saturated carbocycles. The van der Waals surface area contributed by atoms with Crippen molar-refractivity contribution in [3.8, 4) is 5.75 Å². The van der Waals surface area contributed by atoms with Crippen LogP contribution in [0.1, 0.15) is 19.4 Å². The Labute approximate surface area is 156 Å². The smallest absolute Gasteiger partial charge is 0.406 e. The van der Waals surface area contributed by atoms with Gasteiger partial charge in [-0.1, -0.05) is 26.0 Å². The Kier molecular flexibility index (Phi) is 6.27. The number of nitrogens with zero attached hydrogens (tertiary/aromatic N) is 1. The number of ether oxygens (including phenoxy) is 3. The quantitative estimate of drug-likeness (QED) is 0.741. The minimum absolute atomic E-state index is 0.260. The van der Waals surface area contributed by atoms with Crippen molar-refractivity contribution in [2.45, 2.75) is 57.3 Å². The van der Waals surface area contributed by atoms with Crippen molar-refractivity contribution in [2.24, 2.45) is 0 Å². The summed E-state index contributed by atoms with van der Waals surface area (Å²) in [7, 11) is 0. The van der Waals surface area contributed by atoms with E-state index in [0.29, 0.717) is 13.2 Å². The number of alkyl halides is 3. The molecule has 0 aromatic heterocycles. The highest BCUT2D eigenvalue weighted by Crippen LogP contribution is 2.31. The Morgan fingerprint density at radius 2 is 1.89 bits per heavy atom. The summed E-state index contributed by atoms with van der Waals surface area (Å²) in [4.78, 5) is 2.11. The van der Waals surface area contributed by atoms with Crippen molar-refractivity contribution in [3.63, 3.8) is 0 Å². The summed E-state index contributed by atoms with van der Waals surface area (Å²) in [6, 6.07) is 5.05. The molecule has 0 unspecified atom stereocenters. The fraction of sp³-hybridized carbons (Fsp3) is 0.667. The van der Waals surface area contributed by atoms with E-state index in [1.807, 2.05) is 13.8 Å². The van der Waals surface area contributed by atoms with Gasteiger partial charge in [0.2, 0.25) is 0 Å². The lowest BCUT2D eigenvalue weighted by Gasteiger charge is -2.43. The van der Waals surface area contributed by atoms with Gasteiger partial charge in [0.15, 0.2) is 6.29 Å². The largest absolute Gasteiger partial charge is 0.573 e. The summed E-state index contributed by atoms with van der Waals surface area (Å²) >= 11 is 0. The molecular weight excluding hydrogens is 365 g/mol. The van der Waals surface area contributed by atoms with Crippen LogP contribution < -0.4 is 10.1 Å². The Hall–Kier alpha value is -1.39. The number of hydrogen-bond donors (Lipinski definition) is 2. The number of halogens is 3. The van der Waals surface area contributed by atoms with E-state index < -0.39 is 18.8 Å². The topological polar surface area (TPSA) is 63.2 Å². The molecule has 2 saturated heterocycles. The molecule has 9 heteroatoms. The van der Waals surface area contributed by atoms with E-state index in [-0.39, 0.29) is 23.9 Å². The van der Waals surface area contributed by atoms with Gasteiger partial charge in [-0.05, 0) is 30.8 Å². The van der Waals surface area contributed by atoms with Gasteiger partial charge >= 0.3 is 6.36 Å². The molecule has 2 fully saturated rings. The summed E-state index contributed by atoms with van der Waals surface area (Å²) in [5.74, 6) is -0.263. The van der Waals surface area contributed by atoms with Crippen molar-refractivity contribution < 1.29 is 32.5 Å². The van der Waals surface area contributed by atoms with Crippen LogP contribution in [0.4, 0.5) is 13.2 Å². The molecular formula is C18H25F3N2O4. The summed E-state index contributed by atoms with van der Waals surface area (Å²) < 4.78 is 52.2. The number of hydrogen-bond acceptors (Lipinski definition) is 6. The van der Waals surface area contributed by atoms with Crippen LogP contribution in [0, 0.1) is 0 Å². The zero-order chi connectivity index (χ0) is 19.6. The molecule has 6 nitrogen and oxygen atoms in total. The normalized spacial score (nSPS) is 30.7. The van der Waals surface area contributed by atoms with Crippen LogP contribution in [-0.4, -0.2) is 66.6 Å². The molecule has 152 valence electrons. The zero-order valence-corrected chi connectivity index (χ0v) is 15.3. The van der Waals surface area contributed by atoms with E-state index in [4.69, 9.17) is 9.47 Å². The van der Waals surface area contributed by atoms with Crippen molar-refractivity contribution in [2.75, 3.05) is 19.7 Å². The summed E-state index contributed by atoms with van der Waals surface area (Å²) in [6.07, 6.45) is -6.09. The van der Waals surface area contributed by atoms with E-state index in [1.165, 1.54) is 12.1 Å². The molecule has 1 aromatic carbocycles. The predicted octanol–water partition coefficient (Wildman–Crippen LogP) is 1.87. The van der Waals surface area contributed by atoms with Crippen LogP contribution in [0.3, 0.4) is 0 Å². The fourth-order valence-electron chi connectivity index (χ4n) is 3.73. The minimum Gasteiger partial charge on any atom is -0.406 e. The molecule has 0 spiro atoms. The highest BCUT2D eigenvalue weighted by molar-refractivity contribution is 5.27. The van der Waals surface area contributed by atoms with Gasteiger partial charge in [-0.2, -0.15) is 0 Å². The lowest BCUT2D eigenvalue weighted by molar-refractivity contribution is -0.274. The number of benzene rings is 1. The molecule has 2 aliphatic rings. The lowest BCUT2D eigenvalue weighted by atomic mass is 9.94. The van der Waals surface area contributed by atoms with Gasteiger partial charge in [-0.25, -0.2) is 0 Å². The van der Waals surface area contributed by atoms with Crippen LogP contribution in [-0.2, 0) is 16.0 Å². The third-order valence-corrected chi connectivity index (χ3v) is 5.06. The van der Waals surface area contributed by atoms with Crippen LogP contribution in [0.5, 0.6) is 5.75 Å². The summed E-state index contributed by atoms with van der Waals surface area (Å²) in [6.45, 7) is 6.34. The SMILES string of the molecule is CCN(CC)[C@H]1[C@@H]2OC[C@@H](O2)[C@@H](NCc2ccc(OC(F)(F)F)cc2)[C@@H]1O. The Morgan fingerprint density at radius 1 is 1.22 bits per heavy atom. The van der Waals surface area contributed by atoms with Crippen LogP contribution in [0.2, 0.25) is 0 Å². The van der Waals surface area contributed by atoms with E-state index in [9.17, 15) is 18.3 Å². The van der Waals surface area contributed by atoms with Crippen LogP contribution in [0.25, 0.3) is 0 Å². The van der Waals surface area contributed by atoms with E-state index in [1.54, 1.807) is 12.1 Å². The maximum absolute atomic E-state index is 12.2. The molecule has 2 N–H and O–H groups in total. The van der Waals surface area contributed by atoms with Crippen molar-refractivity contribution in [3.05, 3.63) is 29.8 Å². The lowest BCUT2D eigenvalue weighted by Crippen LogP contribution is -2.64. The van der Waals surface area contributed by atoms with Gasteiger partial charge in [-0.3, -0.25) is 4.90 Å². The summed E-state index contributed by atoms with van der Waals surface area (Å²) in [5.41, 5.74) is 0.775. The first-order valence-corrected chi connectivity index (χ1v) is 9.09. The molecule has 2 heterocycles. The van der Waals surface area contributed by atoms with Crippen LogP contribution in [0.15, 0.2) is 24.3 Å². The highest BCUT2D eigenvalue weighted by Gasteiger charge is 2.51. The molecule has 27 heavy (non-hydrogen) atoms. The fourth-order valence-corrected chi connectivity index (χ4v) is 3.73. The van der Waals surface area contributed by atoms with Crippen molar-refractivity contribution in [1.82, 2.24) is 10.2 Å². The maximum atomic E-state index is 12.2. The number of nitrogens with one attached hydrogen (secondary N) is 1. The van der Waals surface area contributed by atoms with Crippen LogP contribution >= 0.6 is 0 Å². The third kappa shape index (κ3) is 4.72. The molecule has 0 aliphatic carbocycles. The molecule has 2 bridgehead atoms. The van der Waals surface area contributed by atoms with Gasteiger partial charge in [0, 0.05) is 6.54 Å². The molecule has 2 aliphatic heterocycles. The first-order valence-electron chi connectivity index (χ1n) is 9.09. The Morgan fingerprint density at radius 3 is 2.48 bits per heavy atom. The summed E-state index contributed by atoms with van der Waals surface area (Å²) in [5, 5.41) is 14.2. The van der Waals surface area contributed by atoms with E-state index in [0.717, 1.165) is 18.7 Å². The second-order valence-electron chi connectivity index (χ2n) is 6.68. The van der Waals surface area contributed by atoms with E-state index in [2.05, 4.69) is 15.0 Å². The van der Waals surface area contributed by atoms with E-state index >= 15 is 0 Å². The third-order valence-electron chi connectivity index (χ3n) is 5.06. The molecule has 1 aromatic rings. The first-order chi connectivity index (χ1) is 12.8. The second-order valence-corrected chi connectivity index (χ2v) is 6.68. The number of aliphatic hydroxyl groups is 1. The van der Waals surface area contributed by atoms with Crippen molar-refractivity contribution >= 4 is 0 Å². The molecule has 5 atom stereocenters. The van der Waals surface area contributed by atoms with Gasteiger partial charge < -0.3 is 24.6 Å². The average molecular weight is 390 g/mol. The zero-order valence-electron chi connectivity index (χ0n) is 15.3. The van der Waals surface area contributed by atoms with Gasteiger partial charge in [-0.15, -0.1) is 13.2 Å². The predicted molar refractivity (Wildman–Crippen MR) is 91.1 cm³/mol. The monoisotopic (exact) mass is 390 g/mol. The van der Waals surface area contributed by atoms with Gasteiger partial charge in [0.25, 0.3) is 0 Å². The number of rotatable bonds is 7. The molecule has 3 rings (SSSR count). The Balaban J connectivity index is 1.63. The highest BCUT2D eigenvalue weighted by atomic mass is 19.4. The Bertz CT molecular complexity index is 608. The number of likely N-dealkylation sites (N-methyl/N-ethyl adjacent to an activating group) is 1. The molecule has 0 radical (unpaired) electrons. The first kappa shape index (κ1) is 20.3. The van der Waals surface area contributed by atoms with Gasteiger partial charge in [0.05, 0.1) is 24.8 Å². The minimum atomic E-state index is -4.71. The number of aliphatic hydroxyl groups excluding tert-OH is 1. The maximum Gasteiger partial charge on any atom is 0.573 e. The second kappa shape index (κ2) is 8.32. The van der Waals surface area contributed by atoms with Gasteiger partial charge in [0.1, 0.15) is 11.9 Å². The molecule has 0 amide bonds. The number of fused-ring (bicyclic) bond motifs is 2. The van der Waals surface area contributed by atoms with Crippen molar-refractivity contribution in [1.29, 1.82) is 0 Å². The average Bonchev–Trinajstić information content (AvgIpc) is 3.04.